The van der Waals surface area contributed by atoms with Crippen molar-refractivity contribution >= 4 is 15.7 Å². The Hall–Kier alpha value is -1.14. The van der Waals surface area contributed by atoms with Gasteiger partial charge in [0.15, 0.2) is 9.84 Å². The molecule has 1 aliphatic heterocycles. The minimum Gasteiger partial charge on any atom is -0.356 e. The van der Waals surface area contributed by atoms with Gasteiger partial charge in [0, 0.05) is 25.3 Å². The van der Waals surface area contributed by atoms with Crippen molar-refractivity contribution in [1.29, 1.82) is 0 Å². The molecule has 2 N–H and O–H groups in total. The predicted octanol–water partition coefficient (Wildman–Crippen LogP) is 0.474. The van der Waals surface area contributed by atoms with E-state index in [1.165, 1.54) is 0 Å². The second-order valence-corrected chi connectivity index (χ2v) is 6.91. The Labute approximate surface area is 108 Å². The zero-order valence-corrected chi connectivity index (χ0v) is 11.4. The number of nitrogens with zero attached hydrogens (tertiary/aromatic N) is 2. The number of hydrogen-bond acceptors (Lipinski definition) is 5. The van der Waals surface area contributed by atoms with E-state index in [0.717, 1.165) is 23.6 Å². The third kappa shape index (κ3) is 3.00. The number of pyridine rings is 1. The van der Waals surface area contributed by atoms with Gasteiger partial charge in [-0.25, -0.2) is 13.4 Å². The Morgan fingerprint density at radius 1 is 1.33 bits per heavy atom. The Morgan fingerprint density at radius 3 is 2.78 bits per heavy atom. The average Bonchev–Trinajstić information content (AvgIpc) is 2.50. The Bertz CT molecular complexity index is 528. The molecule has 6 heteroatoms. The predicted molar refractivity (Wildman–Crippen MR) is 72.3 cm³/mol. The van der Waals surface area contributed by atoms with Crippen LogP contribution < -0.4 is 10.6 Å². The molecule has 18 heavy (non-hydrogen) atoms. The number of sulfone groups is 1. The average molecular weight is 269 g/mol. The van der Waals surface area contributed by atoms with Gasteiger partial charge in [-0.3, -0.25) is 0 Å². The van der Waals surface area contributed by atoms with E-state index < -0.39 is 9.84 Å². The lowest BCUT2D eigenvalue weighted by Gasteiger charge is -2.21. The van der Waals surface area contributed by atoms with Crippen molar-refractivity contribution in [2.24, 2.45) is 5.73 Å². The van der Waals surface area contributed by atoms with E-state index in [2.05, 4.69) is 4.98 Å². The number of anilines is 1. The van der Waals surface area contributed by atoms with Gasteiger partial charge in [0.1, 0.15) is 5.82 Å². The molecule has 1 aromatic heterocycles. The number of nitrogens with two attached hydrogens (primary N) is 1. The van der Waals surface area contributed by atoms with Crippen molar-refractivity contribution in [3.05, 3.63) is 23.4 Å². The van der Waals surface area contributed by atoms with Gasteiger partial charge in [-0.1, -0.05) is 6.07 Å². The van der Waals surface area contributed by atoms with Crippen LogP contribution in [0.2, 0.25) is 0 Å². The fourth-order valence-corrected chi connectivity index (χ4v) is 3.41. The number of aromatic nitrogens is 1. The number of rotatable bonds is 2. The molecule has 5 nitrogen and oxygen atoms in total. The molecule has 0 aromatic carbocycles. The first-order chi connectivity index (χ1) is 8.52. The van der Waals surface area contributed by atoms with E-state index in [9.17, 15) is 8.42 Å². The minimum atomic E-state index is -2.87. The number of aryl methyl sites for hydroxylation is 1. The molecule has 0 unspecified atom stereocenters. The lowest BCUT2D eigenvalue weighted by atomic mass is 10.2. The summed E-state index contributed by atoms with van der Waals surface area (Å²) in [5.74, 6) is 1.34. The zero-order chi connectivity index (χ0) is 13.2. The normalized spacial score (nSPS) is 19.6. The van der Waals surface area contributed by atoms with Crippen LogP contribution in [0.25, 0.3) is 0 Å². The second kappa shape index (κ2) is 5.24. The summed E-state index contributed by atoms with van der Waals surface area (Å²) in [5.41, 5.74) is 7.55. The van der Waals surface area contributed by atoms with Gasteiger partial charge < -0.3 is 10.6 Å². The molecule has 1 aromatic rings. The standard InChI is InChI=1S/C12H19N3O2S/c1-10-11(9-13)3-4-12(14-10)15-5-2-7-18(16,17)8-6-15/h3-4H,2,5-9,13H2,1H3. The second-order valence-electron chi connectivity index (χ2n) is 4.61. The quantitative estimate of drug-likeness (QED) is 0.845. The van der Waals surface area contributed by atoms with Gasteiger partial charge in [0.2, 0.25) is 0 Å². The first kappa shape index (κ1) is 13.3. The number of hydrogen-bond donors (Lipinski definition) is 1. The fourth-order valence-electron chi connectivity index (χ4n) is 2.14. The van der Waals surface area contributed by atoms with Crippen LogP contribution in [-0.4, -0.2) is 38.0 Å². The summed E-state index contributed by atoms with van der Waals surface area (Å²) in [6, 6.07) is 3.89. The Balaban J connectivity index is 2.19. The van der Waals surface area contributed by atoms with E-state index in [1.807, 2.05) is 24.0 Å². The van der Waals surface area contributed by atoms with Crippen molar-refractivity contribution in [2.75, 3.05) is 29.5 Å². The van der Waals surface area contributed by atoms with Crippen LogP contribution in [0, 0.1) is 6.92 Å². The third-order valence-electron chi connectivity index (χ3n) is 3.28. The highest BCUT2D eigenvalue weighted by atomic mass is 32.2. The van der Waals surface area contributed by atoms with E-state index in [1.54, 1.807) is 0 Å². The van der Waals surface area contributed by atoms with Crippen molar-refractivity contribution in [3.8, 4) is 0 Å². The SMILES string of the molecule is Cc1nc(N2CCCS(=O)(=O)CC2)ccc1CN. The van der Waals surface area contributed by atoms with Crippen LogP contribution in [0.5, 0.6) is 0 Å². The topological polar surface area (TPSA) is 76.3 Å². The third-order valence-corrected chi connectivity index (χ3v) is 5.00. The molecular formula is C12H19N3O2S. The molecule has 2 heterocycles. The summed E-state index contributed by atoms with van der Waals surface area (Å²) in [4.78, 5) is 6.55. The molecule has 0 atom stereocenters. The van der Waals surface area contributed by atoms with Crippen molar-refractivity contribution in [3.63, 3.8) is 0 Å². The molecular weight excluding hydrogens is 250 g/mol. The molecule has 0 radical (unpaired) electrons. The van der Waals surface area contributed by atoms with Crippen molar-refractivity contribution < 1.29 is 8.42 Å². The fraction of sp³-hybridized carbons (Fsp3) is 0.583. The largest absolute Gasteiger partial charge is 0.356 e. The first-order valence-electron chi connectivity index (χ1n) is 6.14. The first-order valence-corrected chi connectivity index (χ1v) is 7.96. The van der Waals surface area contributed by atoms with Gasteiger partial charge in [-0.2, -0.15) is 0 Å². The van der Waals surface area contributed by atoms with E-state index in [0.29, 0.717) is 19.5 Å². The monoisotopic (exact) mass is 269 g/mol. The van der Waals surface area contributed by atoms with Gasteiger partial charge in [-0.15, -0.1) is 0 Å². The minimum absolute atomic E-state index is 0.215. The Kier molecular flexibility index (Phi) is 3.87. The van der Waals surface area contributed by atoms with E-state index in [4.69, 9.17) is 5.73 Å². The summed E-state index contributed by atoms with van der Waals surface area (Å²) in [6.07, 6.45) is 0.668. The van der Waals surface area contributed by atoms with Crippen LogP contribution in [0.15, 0.2) is 12.1 Å². The highest BCUT2D eigenvalue weighted by Crippen LogP contribution is 2.17. The van der Waals surface area contributed by atoms with Crippen molar-refractivity contribution in [1.82, 2.24) is 4.98 Å². The molecule has 100 valence electrons. The molecule has 1 saturated heterocycles. The molecule has 0 bridgehead atoms. The van der Waals surface area contributed by atoms with Crippen LogP contribution in [0.1, 0.15) is 17.7 Å². The summed E-state index contributed by atoms with van der Waals surface area (Å²) >= 11 is 0. The van der Waals surface area contributed by atoms with E-state index in [-0.39, 0.29) is 11.5 Å². The summed E-state index contributed by atoms with van der Waals surface area (Å²) in [5, 5.41) is 0. The van der Waals surface area contributed by atoms with Crippen LogP contribution >= 0.6 is 0 Å². The van der Waals surface area contributed by atoms with Gasteiger partial charge in [0.25, 0.3) is 0 Å². The lowest BCUT2D eigenvalue weighted by Crippen LogP contribution is -2.27. The van der Waals surface area contributed by atoms with Gasteiger partial charge >= 0.3 is 0 Å². The summed E-state index contributed by atoms with van der Waals surface area (Å²) in [6.45, 7) is 3.68. The maximum absolute atomic E-state index is 11.6. The van der Waals surface area contributed by atoms with Gasteiger partial charge in [-0.05, 0) is 25.0 Å². The van der Waals surface area contributed by atoms with Gasteiger partial charge in [0.05, 0.1) is 11.5 Å². The molecule has 0 aliphatic carbocycles. The maximum atomic E-state index is 11.6. The molecule has 2 rings (SSSR count). The zero-order valence-electron chi connectivity index (χ0n) is 10.6. The molecule has 1 fully saturated rings. The van der Waals surface area contributed by atoms with Crippen LogP contribution in [0.4, 0.5) is 5.82 Å². The molecule has 0 saturated carbocycles. The smallest absolute Gasteiger partial charge is 0.152 e. The Morgan fingerprint density at radius 2 is 2.11 bits per heavy atom. The summed E-state index contributed by atoms with van der Waals surface area (Å²) in [7, 11) is -2.87. The van der Waals surface area contributed by atoms with Crippen molar-refractivity contribution in [2.45, 2.75) is 19.9 Å². The highest BCUT2D eigenvalue weighted by molar-refractivity contribution is 7.91. The van der Waals surface area contributed by atoms with E-state index >= 15 is 0 Å². The maximum Gasteiger partial charge on any atom is 0.152 e. The van der Waals surface area contributed by atoms with Crippen LogP contribution in [-0.2, 0) is 16.4 Å². The molecule has 0 spiro atoms. The van der Waals surface area contributed by atoms with Crippen LogP contribution in [0.3, 0.4) is 0 Å². The highest BCUT2D eigenvalue weighted by Gasteiger charge is 2.20. The molecule has 1 aliphatic rings. The summed E-state index contributed by atoms with van der Waals surface area (Å²) < 4.78 is 23.1. The lowest BCUT2D eigenvalue weighted by molar-refractivity contribution is 0.597. The molecule has 0 amide bonds.